The molecule has 0 radical (unpaired) electrons. The number of halogens is 1. The number of rotatable bonds is 5. The molecule has 3 rings (SSSR count). The summed E-state index contributed by atoms with van der Waals surface area (Å²) in [7, 11) is 0. The summed E-state index contributed by atoms with van der Waals surface area (Å²) in [6.07, 6.45) is 0.869. The highest BCUT2D eigenvalue weighted by Gasteiger charge is 2.11. The summed E-state index contributed by atoms with van der Waals surface area (Å²) in [6.45, 7) is 1.70. The number of nitrogens with one attached hydrogen (secondary N) is 1. The summed E-state index contributed by atoms with van der Waals surface area (Å²) in [5.74, 6) is 1.96. The number of benzene rings is 2. The smallest absolute Gasteiger partial charge is 0.258 e. The van der Waals surface area contributed by atoms with E-state index in [1.165, 1.54) is 0 Å². The van der Waals surface area contributed by atoms with Gasteiger partial charge in [0.1, 0.15) is 5.75 Å². The average Bonchev–Trinajstić information content (AvgIpc) is 2.84. The van der Waals surface area contributed by atoms with Crippen LogP contribution in [-0.2, 0) is 11.3 Å². The van der Waals surface area contributed by atoms with Gasteiger partial charge in [-0.1, -0.05) is 22.0 Å². The second kappa shape index (κ2) is 8.06. The van der Waals surface area contributed by atoms with Crippen LogP contribution in [0.25, 0.3) is 0 Å². The first-order valence-corrected chi connectivity index (χ1v) is 8.53. The van der Waals surface area contributed by atoms with Crippen molar-refractivity contribution in [1.29, 1.82) is 0 Å². The molecule has 5 nitrogen and oxygen atoms in total. The van der Waals surface area contributed by atoms with Gasteiger partial charge < -0.3 is 19.5 Å². The fourth-order valence-corrected chi connectivity index (χ4v) is 2.51. The van der Waals surface area contributed by atoms with Crippen LogP contribution < -0.4 is 19.5 Å². The van der Waals surface area contributed by atoms with Crippen molar-refractivity contribution in [2.45, 2.75) is 13.0 Å². The molecule has 0 atom stereocenters. The van der Waals surface area contributed by atoms with Gasteiger partial charge in [-0.2, -0.15) is 0 Å². The van der Waals surface area contributed by atoms with E-state index in [1.54, 1.807) is 12.1 Å². The van der Waals surface area contributed by atoms with E-state index in [0.717, 1.165) is 28.0 Å². The zero-order valence-electron chi connectivity index (χ0n) is 13.1. The fraction of sp³-hybridized carbons (Fsp3) is 0.278. The van der Waals surface area contributed by atoms with E-state index in [4.69, 9.17) is 14.2 Å². The maximum atomic E-state index is 11.9. The Morgan fingerprint density at radius 1 is 1.08 bits per heavy atom. The Bertz CT molecular complexity index is 703. The molecule has 2 aromatic carbocycles. The van der Waals surface area contributed by atoms with Gasteiger partial charge in [0, 0.05) is 17.4 Å². The fourth-order valence-electron chi connectivity index (χ4n) is 2.25. The van der Waals surface area contributed by atoms with Crippen molar-refractivity contribution in [2.75, 3.05) is 19.8 Å². The highest BCUT2D eigenvalue weighted by Crippen LogP contribution is 2.30. The number of carbonyl (C=O) groups excluding carboxylic acids is 1. The molecular weight excluding hydrogens is 374 g/mol. The van der Waals surface area contributed by atoms with Gasteiger partial charge in [0.2, 0.25) is 0 Å². The highest BCUT2D eigenvalue weighted by atomic mass is 79.9. The largest absolute Gasteiger partial charge is 0.490 e. The van der Waals surface area contributed by atoms with Crippen molar-refractivity contribution in [2.24, 2.45) is 0 Å². The van der Waals surface area contributed by atoms with E-state index in [2.05, 4.69) is 21.2 Å². The molecule has 0 aromatic heterocycles. The molecule has 1 aliphatic heterocycles. The number of hydrogen-bond donors (Lipinski definition) is 1. The van der Waals surface area contributed by atoms with Crippen molar-refractivity contribution < 1.29 is 19.0 Å². The summed E-state index contributed by atoms with van der Waals surface area (Å²) in [4.78, 5) is 11.9. The van der Waals surface area contributed by atoms with Crippen molar-refractivity contribution in [3.63, 3.8) is 0 Å². The molecule has 1 aliphatic rings. The number of hydrogen-bond acceptors (Lipinski definition) is 4. The van der Waals surface area contributed by atoms with Crippen molar-refractivity contribution in [3.05, 3.63) is 52.5 Å². The van der Waals surface area contributed by atoms with Crippen LogP contribution in [0.3, 0.4) is 0 Å². The number of amides is 1. The van der Waals surface area contributed by atoms with Crippen LogP contribution in [0, 0.1) is 0 Å². The standard InChI is InChI=1S/C18H18BrNO4/c19-14-3-5-15(6-4-14)24-12-18(21)20-11-13-2-7-16-17(10-13)23-9-1-8-22-16/h2-7,10H,1,8-9,11-12H2,(H,20,21). The molecule has 24 heavy (non-hydrogen) atoms. The molecule has 0 unspecified atom stereocenters. The first kappa shape index (κ1) is 16.6. The second-order valence-corrected chi connectivity index (χ2v) is 6.27. The third kappa shape index (κ3) is 4.64. The minimum Gasteiger partial charge on any atom is -0.490 e. The monoisotopic (exact) mass is 391 g/mol. The van der Waals surface area contributed by atoms with Gasteiger partial charge in [-0.3, -0.25) is 4.79 Å². The molecule has 1 amide bonds. The van der Waals surface area contributed by atoms with Gasteiger partial charge >= 0.3 is 0 Å². The minimum atomic E-state index is -0.176. The van der Waals surface area contributed by atoms with Crippen LogP contribution in [0.15, 0.2) is 46.9 Å². The van der Waals surface area contributed by atoms with Gasteiger partial charge in [-0.05, 0) is 42.0 Å². The SMILES string of the molecule is O=C(COc1ccc(Br)cc1)NCc1ccc2c(c1)OCCCO2. The van der Waals surface area contributed by atoms with E-state index in [-0.39, 0.29) is 12.5 Å². The topological polar surface area (TPSA) is 56.8 Å². The molecule has 0 aliphatic carbocycles. The normalized spacial score (nSPS) is 13.0. The van der Waals surface area contributed by atoms with E-state index >= 15 is 0 Å². The van der Waals surface area contributed by atoms with Crippen LogP contribution >= 0.6 is 15.9 Å². The number of fused-ring (bicyclic) bond motifs is 1. The molecule has 0 spiro atoms. The number of carbonyl (C=O) groups is 1. The predicted octanol–water partition coefficient (Wildman–Crippen LogP) is 3.31. The van der Waals surface area contributed by atoms with E-state index in [9.17, 15) is 4.79 Å². The Kier molecular flexibility index (Phi) is 5.59. The maximum Gasteiger partial charge on any atom is 0.258 e. The minimum absolute atomic E-state index is 0.0216. The zero-order chi connectivity index (χ0) is 16.8. The lowest BCUT2D eigenvalue weighted by Crippen LogP contribution is -2.28. The quantitative estimate of drug-likeness (QED) is 0.849. The number of ether oxygens (including phenoxy) is 3. The third-order valence-corrected chi connectivity index (χ3v) is 4.01. The second-order valence-electron chi connectivity index (χ2n) is 5.35. The zero-order valence-corrected chi connectivity index (χ0v) is 14.7. The van der Waals surface area contributed by atoms with Crippen molar-refractivity contribution in [3.8, 4) is 17.2 Å². The molecule has 0 saturated carbocycles. The first-order chi connectivity index (χ1) is 11.7. The van der Waals surface area contributed by atoms with E-state index in [0.29, 0.717) is 25.5 Å². The van der Waals surface area contributed by atoms with E-state index < -0.39 is 0 Å². The van der Waals surface area contributed by atoms with Crippen molar-refractivity contribution in [1.82, 2.24) is 5.32 Å². The maximum absolute atomic E-state index is 11.9. The Morgan fingerprint density at radius 2 is 1.83 bits per heavy atom. The summed E-state index contributed by atoms with van der Waals surface area (Å²) in [5.41, 5.74) is 0.955. The Hall–Kier alpha value is -2.21. The van der Waals surface area contributed by atoms with Gasteiger partial charge in [0.05, 0.1) is 13.2 Å². The summed E-state index contributed by atoms with van der Waals surface area (Å²) in [6, 6.07) is 13.0. The molecule has 0 fully saturated rings. The summed E-state index contributed by atoms with van der Waals surface area (Å²) < 4.78 is 17.6. The van der Waals surface area contributed by atoms with Crippen LogP contribution in [0.4, 0.5) is 0 Å². The summed E-state index contributed by atoms with van der Waals surface area (Å²) >= 11 is 3.35. The summed E-state index contributed by atoms with van der Waals surface area (Å²) in [5, 5.41) is 2.83. The molecule has 0 bridgehead atoms. The van der Waals surface area contributed by atoms with Gasteiger partial charge in [0.15, 0.2) is 18.1 Å². The average molecular weight is 392 g/mol. The molecule has 1 N–H and O–H groups in total. The Balaban J connectivity index is 1.49. The van der Waals surface area contributed by atoms with Crippen LogP contribution in [0.2, 0.25) is 0 Å². The third-order valence-electron chi connectivity index (χ3n) is 3.49. The molecular formula is C18H18BrNO4. The Labute approximate surface area is 149 Å². The molecule has 6 heteroatoms. The molecule has 126 valence electrons. The Morgan fingerprint density at radius 3 is 2.62 bits per heavy atom. The van der Waals surface area contributed by atoms with Gasteiger partial charge in [0.25, 0.3) is 5.91 Å². The van der Waals surface area contributed by atoms with Crippen LogP contribution in [0.1, 0.15) is 12.0 Å². The first-order valence-electron chi connectivity index (χ1n) is 7.74. The van der Waals surface area contributed by atoms with Gasteiger partial charge in [-0.15, -0.1) is 0 Å². The lowest BCUT2D eigenvalue weighted by atomic mass is 10.2. The molecule has 2 aromatic rings. The van der Waals surface area contributed by atoms with Crippen LogP contribution in [0.5, 0.6) is 17.2 Å². The lowest BCUT2D eigenvalue weighted by molar-refractivity contribution is -0.123. The predicted molar refractivity (Wildman–Crippen MR) is 93.5 cm³/mol. The lowest BCUT2D eigenvalue weighted by Gasteiger charge is -2.11. The van der Waals surface area contributed by atoms with Crippen LogP contribution in [-0.4, -0.2) is 25.7 Å². The molecule has 1 heterocycles. The highest BCUT2D eigenvalue weighted by molar-refractivity contribution is 9.10. The van der Waals surface area contributed by atoms with E-state index in [1.807, 2.05) is 30.3 Å². The van der Waals surface area contributed by atoms with Crippen molar-refractivity contribution >= 4 is 21.8 Å². The molecule has 0 saturated heterocycles. The van der Waals surface area contributed by atoms with Gasteiger partial charge in [-0.25, -0.2) is 0 Å².